The van der Waals surface area contributed by atoms with Crippen molar-refractivity contribution in [1.82, 2.24) is 4.98 Å². The normalized spacial score (nSPS) is 11.1. The van der Waals surface area contributed by atoms with Gasteiger partial charge in [0.05, 0.1) is 15.5 Å². The van der Waals surface area contributed by atoms with Crippen LogP contribution < -0.4 is 4.72 Å². The van der Waals surface area contributed by atoms with Crippen LogP contribution in [0.25, 0.3) is 0 Å². The van der Waals surface area contributed by atoms with Gasteiger partial charge < -0.3 is 0 Å². The molecule has 0 aliphatic rings. The van der Waals surface area contributed by atoms with Crippen LogP contribution in [0, 0.1) is 17.0 Å². The van der Waals surface area contributed by atoms with Crippen molar-refractivity contribution in [2.45, 2.75) is 11.8 Å². The predicted molar refractivity (Wildman–Crippen MR) is 77.9 cm³/mol. The van der Waals surface area contributed by atoms with E-state index in [1.165, 1.54) is 36.5 Å². The Morgan fingerprint density at radius 1 is 1.29 bits per heavy atom. The summed E-state index contributed by atoms with van der Waals surface area (Å²) in [4.78, 5) is 13.8. The molecule has 0 amide bonds. The Balaban J connectivity index is 2.35. The van der Waals surface area contributed by atoms with E-state index in [-0.39, 0.29) is 21.4 Å². The molecule has 110 valence electrons. The van der Waals surface area contributed by atoms with Gasteiger partial charge in [0.2, 0.25) is 0 Å². The second kappa shape index (κ2) is 5.66. The van der Waals surface area contributed by atoms with E-state index in [9.17, 15) is 18.5 Å². The number of nitrogens with zero attached hydrogens (tertiary/aromatic N) is 2. The number of anilines is 1. The maximum Gasteiger partial charge on any atom is 0.269 e. The van der Waals surface area contributed by atoms with Crippen LogP contribution >= 0.6 is 11.6 Å². The minimum atomic E-state index is -3.84. The highest BCUT2D eigenvalue weighted by molar-refractivity contribution is 7.92. The predicted octanol–water partition coefficient (Wildman–Crippen LogP) is 2.75. The Bertz CT molecular complexity index is 808. The average Bonchev–Trinajstić information content (AvgIpc) is 2.40. The number of benzene rings is 1. The molecule has 2 aromatic rings. The van der Waals surface area contributed by atoms with Gasteiger partial charge in [-0.1, -0.05) is 11.6 Å². The molecule has 1 N–H and O–H groups in total. The van der Waals surface area contributed by atoms with Gasteiger partial charge in [-0.3, -0.25) is 14.8 Å². The smallest absolute Gasteiger partial charge is 0.269 e. The quantitative estimate of drug-likeness (QED) is 0.528. The molecule has 7 nitrogen and oxygen atoms in total. The fraction of sp³-hybridized carbons (Fsp3) is 0.0833. The largest absolute Gasteiger partial charge is 0.279 e. The maximum absolute atomic E-state index is 12.2. The second-order valence-corrected chi connectivity index (χ2v) is 6.25. The van der Waals surface area contributed by atoms with Gasteiger partial charge in [0.1, 0.15) is 5.15 Å². The van der Waals surface area contributed by atoms with Crippen molar-refractivity contribution in [2.24, 2.45) is 0 Å². The molecule has 0 saturated heterocycles. The Morgan fingerprint density at radius 2 is 2.00 bits per heavy atom. The number of hydrogen-bond acceptors (Lipinski definition) is 5. The first kappa shape index (κ1) is 15.2. The number of aryl methyl sites for hydroxylation is 1. The second-order valence-electron chi connectivity index (χ2n) is 4.18. The average molecular weight is 328 g/mol. The highest BCUT2D eigenvalue weighted by Crippen LogP contribution is 2.24. The van der Waals surface area contributed by atoms with E-state index in [4.69, 9.17) is 11.6 Å². The summed E-state index contributed by atoms with van der Waals surface area (Å²) < 4.78 is 26.7. The number of non-ortho nitro benzene ring substituents is 1. The first-order chi connectivity index (χ1) is 9.79. The SMILES string of the molecule is Cc1cc([N+](=O)[O-])ccc1NS(=O)(=O)c1ccnc(Cl)c1. The lowest BCUT2D eigenvalue weighted by Gasteiger charge is -2.10. The van der Waals surface area contributed by atoms with Crippen LogP contribution in [0.4, 0.5) is 11.4 Å². The van der Waals surface area contributed by atoms with E-state index in [1.54, 1.807) is 6.92 Å². The first-order valence-corrected chi connectivity index (χ1v) is 7.55. The Morgan fingerprint density at radius 3 is 2.57 bits per heavy atom. The van der Waals surface area contributed by atoms with Gasteiger partial charge in [-0.05, 0) is 30.7 Å². The van der Waals surface area contributed by atoms with Crippen molar-refractivity contribution >= 4 is 33.0 Å². The third-order valence-corrected chi connectivity index (χ3v) is 4.24. The zero-order chi connectivity index (χ0) is 15.6. The van der Waals surface area contributed by atoms with Gasteiger partial charge in [0, 0.05) is 18.3 Å². The van der Waals surface area contributed by atoms with E-state index >= 15 is 0 Å². The Labute approximate surface area is 125 Å². The molecule has 21 heavy (non-hydrogen) atoms. The lowest BCUT2D eigenvalue weighted by Crippen LogP contribution is -2.14. The summed E-state index contributed by atoms with van der Waals surface area (Å²) in [6.07, 6.45) is 1.28. The molecule has 0 saturated carbocycles. The van der Waals surface area contributed by atoms with Crippen molar-refractivity contribution in [3.05, 3.63) is 57.4 Å². The molecule has 0 bridgehead atoms. The topological polar surface area (TPSA) is 102 Å². The first-order valence-electron chi connectivity index (χ1n) is 5.69. The molecule has 0 fully saturated rings. The number of aromatic nitrogens is 1. The van der Waals surface area contributed by atoms with Gasteiger partial charge in [-0.25, -0.2) is 13.4 Å². The van der Waals surface area contributed by atoms with Crippen LogP contribution in [0.5, 0.6) is 0 Å². The molecule has 0 unspecified atom stereocenters. The molecule has 0 aliphatic carbocycles. The van der Waals surface area contributed by atoms with E-state index in [0.717, 1.165) is 0 Å². The molecule has 0 spiro atoms. The zero-order valence-corrected chi connectivity index (χ0v) is 12.4. The van der Waals surface area contributed by atoms with E-state index < -0.39 is 14.9 Å². The van der Waals surface area contributed by atoms with Gasteiger partial charge in [0.15, 0.2) is 0 Å². The van der Waals surface area contributed by atoms with Crippen molar-refractivity contribution in [1.29, 1.82) is 0 Å². The van der Waals surface area contributed by atoms with Gasteiger partial charge in [-0.2, -0.15) is 0 Å². The number of halogens is 1. The lowest BCUT2D eigenvalue weighted by atomic mass is 10.2. The minimum absolute atomic E-state index is 0.0414. The van der Waals surface area contributed by atoms with E-state index in [1.807, 2.05) is 0 Å². The zero-order valence-electron chi connectivity index (χ0n) is 10.8. The highest BCUT2D eigenvalue weighted by Gasteiger charge is 2.17. The Kier molecular flexibility index (Phi) is 4.10. The summed E-state index contributed by atoms with van der Waals surface area (Å²) in [6.45, 7) is 1.57. The molecule has 0 atom stereocenters. The van der Waals surface area contributed by atoms with E-state index in [0.29, 0.717) is 5.56 Å². The van der Waals surface area contributed by atoms with Crippen LogP contribution in [0.15, 0.2) is 41.4 Å². The van der Waals surface area contributed by atoms with Gasteiger partial charge >= 0.3 is 0 Å². The number of nitrogens with one attached hydrogen (secondary N) is 1. The number of sulfonamides is 1. The number of hydrogen-bond donors (Lipinski definition) is 1. The van der Waals surface area contributed by atoms with Gasteiger partial charge in [-0.15, -0.1) is 0 Å². The lowest BCUT2D eigenvalue weighted by molar-refractivity contribution is -0.384. The molecular weight excluding hydrogens is 318 g/mol. The number of nitro groups is 1. The fourth-order valence-corrected chi connectivity index (χ4v) is 3.01. The summed E-state index contributed by atoms with van der Waals surface area (Å²) in [5, 5.41) is 10.7. The monoisotopic (exact) mass is 327 g/mol. The molecular formula is C12H10ClN3O4S. The minimum Gasteiger partial charge on any atom is -0.279 e. The molecule has 2 rings (SSSR count). The third-order valence-electron chi connectivity index (χ3n) is 2.67. The summed E-state index contributed by atoms with van der Waals surface area (Å²) in [5.74, 6) is 0. The number of nitro benzene ring substituents is 1. The molecule has 1 aromatic heterocycles. The molecule has 9 heteroatoms. The fourth-order valence-electron chi connectivity index (χ4n) is 1.63. The Hall–Kier alpha value is -2.19. The van der Waals surface area contributed by atoms with Crippen LogP contribution in [0.3, 0.4) is 0 Å². The number of rotatable bonds is 4. The van der Waals surface area contributed by atoms with E-state index in [2.05, 4.69) is 9.71 Å². The molecule has 1 heterocycles. The van der Waals surface area contributed by atoms with Crippen molar-refractivity contribution in [3.63, 3.8) is 0 Å². The summed E-state index contributed by atoms with van der Waals surface area (Å²) in [6, 6.07) is 6.37. The maximum atomic E-state index is 12.2. The molecule has 0 aliphatic heterocycles. The summed E-state index contributed by atoms with van der Waals surface area (Å²) in [7, 11) is -3.84. The van der Waals surface area contributed by atoms with Crippen LogP contribution in [0.1, 0.15) is 5.56 Å². The van der Waals surface area contributed by atoms with Crippen molar-refractivity contribution in [2.75, 3.05) is 4.72 Å². The van der Waals surface area contributed by atoms with Crippen molar-refractivity contribution in [3.8, 4) is 0 Å². The number of pyridine rings is 1. The highest BCUT2D eigenvalue weighted by atomic mass is 35.5. The third kappa shape index (κ3) is 3.47. The summed E-state index contributed by atoms with van der Waals surface area (Å²) in [5.41, 5.74) is 0.587. The molecule has 1 aromatic carbocycles. The standard InChI is InChI=1S/C12H10ClN3O4S/c1-8-6-9(16(17)18)2-3-11(8)15-21(19,20)10-4-5-14-12(13)7-10/h2-7,15H,1H3. The van der Waals surface area contributed by atoms with Crippen LogP contribution in [-0.4, -0.2) is 18.3 Å². The van der Waals surface area contributed by atoms with Crippen LogP contribution in [0.2, 0.25) is 5.15 Å². The summed E-state index contributed by atoms with van der Waals surface area (Å²) >= 11 is 5.66. The van der Waals surface area contributed by atoms with Crippen molar-refractivity contribution < 1.29 is 13.3 Å². The molecule has 0 radical (unpaired) electrons. The van der Waals surface area contributed by atoms with Gasteiger partial charge in [0.25, 0.3) is 15.7 Å². The van der Waals surface area contributed by atoms with Crippen LogP contribution in [-0.2, 0) is 10.0 Å².